The number of rotatable bonds is 2. The maximum absolute atomic E-state index is 11.3. The first-order valence-corrected chi connectivity index (χ1v) is 4.40. The average molecular weight is 188 g/mol. The Morgan fingerprint density at radius 2 is 2.29 bits per heavy atom. The number of amides is 1. The molecule has 1 aromatic carbocycles. The van der Waals surface area contributed by atoms with Crippen LogP contribution in [-0.4, -0.2) is 5.91 Å². The molecule has 0 radical (unpaired) electrons. The number of carbonyl (C=O) groups is 1. The lowest BCUT2D eigenvalue weighted by atomic mass is 10.2. The molecule has 1 rings (SSSR count). The van der Waals surface area contributed by atoms with Gasteiger partial charge in [-0.1, -0.05) is 12.1 Å². The highest BCUT2D eigenvalue weighted by molar-refractivity contribution is 5.93. The molecule has 0 aliphatic rings. The van der Waals surface area contributed by atoms with E-state index in [4.69, 9.17) is 5.26 Å². The van der Waals surface area contributed by atoms with E-state index in [0.717, 1.165) is 11.3 Å². The lowest BCUT2D eigenvalue weighted by Gasteiger charge is -2.06. The smallest absolute Gasteiger partial charge is 0.241 e. The van der Waals surface area contributed by atoms with Crippen LogP contribution in [0.3, 0.4) is 0 Å². The zero-order valence-electron chi connectivity index (χ0n) is 8.24. The SMILES string of the molecule is Cc1cccc(NC(=O)C(C)C#N)c1. The van der Waals surface area contributed by atoms with Gasteiger partial charge in [-0.25, -0.2) is 0 Å². The fraction of sp³-hybridized carbons (Fsp3) is 0.273. The van der Waals surface area contributed by atoms with E-state index in [1.807, 2.05) is 31.2 Å². The molecule has 0 fully saturated rings. The molecule has 72 valence electrons. The molecule has 0 heterocycles. The normalized spacial score (nSPS) is 11.5. The largest absolute Gasteiger partial charge is 0.325 e. The van der Waals surface area contributed by atoms with Crippen LogP contribution in [0, 0.1) is 24.2 Å². The van der Waals surface area contributed by atoms with Gasteiger partial charge in [0.05, 0.1) is 6.07 Å². The number of anilines is 1. The average Bonchev–Trinajstić information content (AvgIpc) is 2.16. The first-order chi connectivity index (χ1) is 6.63. The van der Waals surface area contributed by atoms with E-state index in [1.165, 1.54) is 0 Å². The molecule has 1 unspecified atom stereocenters. The third-order valence-electron chi connectivity index (χ3n) is 1.87. The molecule has 1 N–H and O–H groups in total. The number of nitrogens with one attached hydrogen (secondary N) is 1. The van der Waals surface area contributed by atoms with Gasteiger partial charge in [0.25, 0.3) is 0 Å². The minimum Gasteiger partial charge on any atom is -0.325 e. The minimum absolute atomic E-state index is 0.266. The highest BCUT2D eigenvalue weighted by Crippen LogP contribution is 2.10. The number of aryl methyl sites for hydroxylation is 1. The zero-order valence-corrected chi connectivity index (χ0v) is 8.24. The maximum atomic E-state index is 11.3. The molecule has 0 aromatic heterocycles. The summed E-state index contributed by atoms with van der Waals surface area (Å²) in [5.74, 6) is -0.881. The number of nitriles is 1. The second-order valence-corrected chi connectivity index (χ2v) is 3.21. The lowest BCUT2D eigenvalue weighted by molar-refractivity contribution is -0.117. The number of nitrogens with zero attached hydrogens (tertiary/aromatic N) is 1. The van der Waals surface area contributed by atoms with Gasteiger partial charge in [-0.15, -0.1) is 0 Å². The Balaban J connectivity index is 2.71. The van der Waals surface area contributed by atoms with E-state index in [0.29, 0.717) is 0 Å². The van der Waals surface area contributed by atoms with Gasteiger partial charge in [-0.2, -0.15) is 5.26 Å². The third-order valence-corrected chi connectivity index (χ3v) is 1.87. The molecule has 0 spiro atoms. The van der Waals surface area contributed by atoms with Gasteiger partial charge in [0.1, 0.15) is 5.92 Å². The highest BCUT2D eigenvalue weighted by Gasteiger charge is 2.10. The molecule has 1 aromatic rings. The van der Waals surface area contributed by atoms with Crippen molar-refractivity contribution in [3.05, 3.63) is 29.8 Å². The Kier molecular flexibility index (Phi) is 3.24. The van der Waals surface area contributed by atoms with Crippen LogP contribution in [0.15, 0.2) is 24.3 Å². The van der Waals surface area contributed by atoms with Gasteiger partial charge in [0.2, 0.25) is 5.91 Å². The molecular formula is C11H12N2O. The molecule has 1 atom stereocenters. The first-order valence-electron chi connectivity index (χ1n) is 4.40. The Morgan fingerprint density at radius 3 is 2.86 bits per heavy atom. The maximum Gasteiger partial charge on any atom is 0.241 e. The molecular weight excluding hydrogens is 176 g/mol. The van der Waals surface area contributed by atoms with Crippen molar-refractivity contribution in [2.45, 2.75) is 13.8 Å². The summed E-state index contributed by atoms with van der Waals surface area (Å²) in [5.41, 5.74) is 1.81. The fourth-order valence-electron chi connectivity index (χ4n) is 1.03. The van der Waals surface area contributed by atoms with Crippen LogP contribution in [-0.2, 0) is 4.79 Å². The Morgan fingerprint density at radius 1 is 1.57 bits per heavy atom. The van der Waals surface area contributed by atoms with Crippen molar-refractivity contribution in [1.82, 2.24) is 0 Å². The summed E-state index contributed by atoms with van der Waals surface area (Å²) >= 11 is 0. The van der Waals surface area contributed by atoms with Crippen LogP contribution in [0.1, 0.15) is 12.5 Å². The Bertz CT molecular complexity index is 379. The molecule has 0 aliphatic carbocycles. The topological polar surface area (TPSA) is 52.9 Å². The van der Waals surface area contributed by atoms with Crippen molar-refractivity contribution in [3.8, 4) is 6.07 Å². The summed E-state index contributed by atoms with van der Waals surface area (Å²) in [6.45, 7) is 3.52. The first kappa shape index (κ1) is 10.3. The van der Waals surface area contributed by atoms with Gasteiger partial charge in [-0.3, -0.25) is 4.79 Å². The van der Waals surface area contributed by atoms with Gasteiger partial charge in [0.15, 0.2) is 0 Å². The van der Waals surface area contributed by atoms with Crippen molar-refractivity contribution >= 4 is 11.6 Å². The number of carbonyl (C=O) groups excluding carboxylic acids is 1. The van der Waals surface area contributed by atoms with Crippen molar-refractivity contribution in [2.75, 3.05) is 5.32 Å². The second-order valence-electron chi connectivity index (χ2n) is 3.21. The Hall–Kier alpha value is -1.82. The number of benzene rings is 1. The summed E-state index contributed by atoms with van der Waals surface area (Å²) in [6.07, 6.45) is 0. The molecule has 14 heavy (non-hydrogen) atoms. The van der Waals surface area contributed by atoms with Crippen molar-refractivity contribution in [3.63, 3.8) is 0 Å². The molecule has 0 aliphatic heterocycles. The quantitative estimate of drug-likeness (QED) is 0.772. The van der Waals surface area contributed by atoms with Crippen LogP contribution in [0.25, 0.3) is 0 Å². The van der Waals surface area contributed by atoms with Crippen molar-refractivity contribution in [2.24, 2.45) is 5.92 Å². The molecule has 0 saturated heterocycles. The predicted molar refractivity (Wildman–Crippen MR) is 54.6 cm³/mol. The number of hydrogen-bond acceptors (Lipinski definition) is 2. The van der Waals surface area contributed by atoms with Crippen molar-refractivity contribution in [1.29, 1.82) is 5.26 Å². The van der Waals surface area contributed by atoms with Crippen LogP contribution in [0.2, 0.25) is 0 Å². The van der Waals surface area contributed by atoms with E-state index in [9.17, 15) is 4.79 Å². The van der Waals surface area contributed by atoms with Crippen molar-refractivity contribution < 1.29 is 4.79 Å². The summed E-state index contributed by atoms with van der Waals surface area (Å²) in [7, 11) is 0. The molecule has 0 saturated carbocycles. The van der Waals surface area contributed by atoms with Gasteiger partial charge in [-0.05, 0) is 31.5 Å². The predicted octanol–water partition coefficient (Wildman–Crippen LogP) is 2.09. The lowest BCUT2D eigenvalue weighted by Crippen LogP contribution is -2.18. The second kappa shape index (κ2) is 4.43. The van der Waals surface area contributed by atoms with E-state index in [1.54, 1.807) is 13.0 Å². The van der Waals surface area contributed by atoms with Crippen LogP contribution < -0.4 is 5.32 Å². The van der Waals surface area contributed by atoms with Gasteiger partial charge >= 0.3 is 0 Å². The van der Waals surface area contributed by atoms with Gasteiger partial charge < -0.3 is 5.32 Å². The summed E-state index contributed by atoms with van der Waals surface area (Å²) < 4.78 is 0. The monoisotopic (exact) mass is 188 g/mol. The van der Waals surface area contributed by atoms with Crippen LogP contribution in [0.4, 0.5) is 5.69 Å². The minimum atomic E-state index is -0.615. The molecule has 3 nitrogen and oxygen atoms in total. The van der Waals surface area contributed by atoms with E-state index in [2.05, 4.69) is 5.32 Å². The molecule has 0 bridgehead atoms. The molecule has 3 heteroatoms. The van der Waals surface area contributed by atoms with Crippen LogP contribution >= 0.6 is 0 Å². The number of hydrogen-bond donors (Lipinski definition) is 1. The van der Waals surface area contributed by atoms with E-state index < -0.39 is 5.92 Å². The summed E-state index contributed by atoms with van der Waals surface area (Å²) in [4.78, 5) is 11.3. The Labute approximate surface area is 83.4 Å². The summed E-state index contributed by atoms with van der Waals surface area (Å²) in [6, 6.07) is 9.36. The van der Waals surface area contributed by atoms with E-state index in [-0.39, 0.29) is 5.91 Å². The fourth-order valence-corrected chi connectivity index (χ4v) is 1.03. The van der Waals surface area contributed by atoms with Gasteiger partial charge in [0, 0.05) is 5.69 Å². The third kappa shape index (κ3) is 2.60. The summed E-state index contributed by atoms with van der Waals surface area (Å²) in [5, 5.41) is 11.2. The van der Waals surface area contributed by atoms with Crippen LogP contribution in [0.5, 0.6) is 0 Å². The molecule has 1 amide bonds. The zero-order chi connectivity index (χ0) is 10.6. The standard InChI is InChI=1S/C11H12N2O/c1-8-4-3-5-10(6-8)13-11(14)9(2)7-12/h3-6,9H,1-2H3,(H,13,14). The highest BCUT2D eigenvalue weighted by atomic mass is 16.1. The van der Waals surface area contributed by atoms with E-state index >= 15 is 0 Å².